The second kappa shape index (κ2) is 3.18. The molecule has 0 fully saturated rings. The first kappa shape index (κ1) is 8.26. The second-order valence-electron chi connectivity index (χ2n) is 3.06. The first-order valence-corrected chi connectivity index (χ1v) is 4.43. The lowest BCUT2D eigenvalue weighted by Gasteiger charge is -2.00. The minimum Gasteiger partial charge on any atom is -0.387 e. The Bertz CT molecular complexity index is 375. The lowest BCUT2D eigenvalue weighted by molar-refractivity contribution is 0.169. The number of aromatic nitrogens is 2. The standard InChI is InChI=1S/C10H12N2O/c1-2-9(13)8-7-12-6-4-3-5-10(12)11-8/h3-7,9,13H,2H2,1H3. The van der Waals surface area contributed by atoms with Crippen LogP contribution in [0.1, 0.15) is 25.1 Å². The number of aliphatic hydroxyl groups is 1. The van der Waals surface area contributed by atoms with E-state index in [1.165, 1.54) is 0 Å². The van der Waals surface area contributed by atoms with Gasteiger partial charge >= 0.3 is 0 Å². The van der Waals surface area contributed by atoms with Gasteiger partial charge in [0.2, 0.25) is 0 Å². The van der Waals surface area contributed by atoms with Gasteiger partial charge < -0.3 is 9.51 Å². The molecule has 68 valence electrons. The highest BCUT2D eigenvalue weighted by atomic mass is 16.3. The molecular weight excluding hydrogens is 164 g/mol. The Morgan fingerprint density at radius 2 is 2.38 bits per heavy atom. The summed E-state index contributed by atoms with van der Waals surface area (Å²) in [5.41, 5.74) is 1.62. The van der Waals surface area contributed by atoms with Crippen molar-refractivity contribution in [2.24, 2.45) is 0 Å². The van der Waals surface area contributed by atoms with Crippen LogP contribution in [-0.2, 0) is 0 Å². The highest BCUT2D eigenvalue weighted by Gasteiger charge is 2.08. The van der Waals surface area contributed by atoms with E-state index in [4.69, 9.17) is 0 Å². The molecule has 2 aromatic heterocycles. The van der Waals surface area contributed by atoms with E-state index in [-0.39, 0.29) is 0 Å². The predicted octanol–water partition coefficient (Wildman–Crippen LogP) is 1.78. The Balaban J connectivity index is 2.49. The fourth-order valence-corrected chi connectivity index (χ4v) is 1.32. The summed E-state index contributed by atoms with van der Waals surface area (Å²) in [7, 11) is 0. The first-order chi connectivity index (χ1) is 6.31. The molecule has 1 unspecified atom stereocenters. The number of nitrogens with zero attached hydrogens (tertiary/aromatic N) is 2. The lowest BCUT2D eigenvalue weighted by atomic mass is 10.2. The van der Waals surface area contributed by atoms with Gasteiger partial charge in [0.15, 0.2) is 0 Å². The third-order valence-electron chi connectivity index (χ3n) is 2.11. The number of aliphatic hydroxyl groups excluding tert-OH is 1. The molecule has 0 saturated carbocycles. The molecule has 0 bridgehead atoms. The number of fused-ring (bicyclic) bond motifs is 1. The van der Waals surface area contributed by atoms with Crippen LogP contribution >= 0.6 is 0 Å². The SMILES string of the molecule is CCC(O)c1cn2ccccc2n1. The first-order valence-electron chi connectivity index (χ1n) is 4.43. The Hall–Kier alpha value is -1.35. The Kier molecular flexibility index (Phi) is 2.02. The van der Waals surface area contributed by atoms with Crippen LogP contribution in [0.5, 0.6) is 0 Å². The molecule has 3 nitrogen and oxygen atoms in total. The van der Waals surface area contributed by atoms with Crippen LogP contribution in [0, 0.1) is 0 Å². The second-order valence-corrected chi connectivity index (χ2v) is 3.06. The van der Waals surface area contributed by atoms with E-state index in [0.717, 1.165) is 11.3 Å². The molecule has 1 atom stereocenters. The molecule has 0 aromatic carbocycles. The van der Waals surface area contributed by atoms with Crippen molar-refractivity contribution in [3.05, 3.63) is 36.3 Å². The van der Waals surface area contributed by atoms with Crippen molar-refractivity contribution >= 4 is 5.65 Å². The van der Waals surface area contributed by atoms with Crippen LogP contribution in [0.3, 0.4) is 0 Å². The van der Waals surface area contributed by atoms with Crippen molar-refractivity contribution in [1.82, 2.24) is 9.38 Å². The molecule has 2 heterocycles. The molecular formula is C10H12N2O. The monoisotopic (exact) mass is 176 g/mol. The molecule has 3 heteroatoms. The third-order valence-corrected chi connectivity index (χ3v) is 2.11. The Morgan fingerprint density at radius 3 is 3.08 bits per heavy atom. The van der Waals surface area contributed by atoms with Crippen LogP contribution in [-0.4, -0.2) is 14.5 Å². The van der Waals surface area contributed by atoms with E-state index in [1.807, 2.05) is 41.9 Å². The summed E-state index contributed by atoms with van der Waals surface area (Å²) in [6.07, 6.45) is 4.04. The average molecular weight is 176 g/mol. The van der Waals surface area contributed by atoms with Crippen molar-refractivity contribution < 1.29 is 5.11 Å². The van der Waals surface area contributed by atoms with E-state index in [0.29, 0.717) is 6.42 Å². The Morgan fingerprint density at radius 1 is 1.54 bits per heavy atom. The van der Waals surface area contributed by atoms with E-state index in [1.54, 1.807) is 0 Å². The maximum absolute atomic E-state index is 9.55. The van der Waals surface area contributed by atoms with Gasteiger partial charge in [-0.15, -0.1) is 0 Å². The molecule has 2 aromatic rings. The van der Waals surface area contributed by atoms with Gasteiger partial charge in [0.25, 0.3) is 0 Å². The summed E-state index contributed by atoms with van der Waals surface area (Å²) in [6, 6.07) is 5.80. The van der Waals surface area contributed by atoms with Crippen LogP contribution < -0.4 is 0 Å². The molecule has 0 aliphatic carbocycles. The molecule has 2 rings (SSSR count). The highest BCUT2D eigenvalue weighted by Crippen LogP contribution is 2.15. The van der Waals surface area contributed by atoms with Gasteiger partial charge in [-0.1, -0.05) is 13.0 Å². The van der Waals surface area contributed by atoms with Crippen LogP contribution in [0.25, 0.3) is 5.65 Å². The van der Waals surface area contributed by atoms with Crippen molar-refractivity contribution in [2.75, 3.05) is 0 Å². The molecule has 1 N–H and O–H groups in total. The van der Waals surface area contributed by atoms with Gasteiger partial charge in [-0.25, -0.2) is 4.98 Å². The van der Waals surface area contributed by atoms with Gasteiger partial charge in [0.05, 0.1) is 11.8 Å². The quantitative estimate of drug-likeness (QED) is 0.757. The largest absolute Gasteiger partial charge is 0.387 e. The number of imidazole rings is 1. The summed E-state index contributed by atoms with van der Waals surface area (Å²) < 4.78 is 1.91. The van der Waals surface area contributed by atoms with Crippen molar-refractivity contribution in [2.45, 2.75) is 19.4 Å². The molecule has 0 amide bonds. The molecule has 0 saturated heterocycles. The maximum Gasteiger partial charge on any atom is 0.137 e. The normalized spacial score (nSPS) is 13.4. The summed E-state index contributed by atoms with van der Waals surface area (Å²) in [5, 5.41) is 9.55. The fourth-order valence-electron chi connectivity index (χ4n) is 1.32. The van der Waals surface area contributed by atoms with E-state index in [2.05, 4.69) is 4.98 Å². The molecule has 0 spiro atoms. The zero-order chi connectivity index (χ0) is 9.26. The topological polar surface area (TPSA) is 37.5 Å². The fraction of sp³-hybridized carbons (Fsp3) is 0.300. The van der Waals surface area contributed by atoms with E-state index in [9.17, 15) is 5.11 Å². The predicted molar refractivity (Wildman–Crippen MR) is 50.4 cm³/mol. The average Bonchev–Trinajstić information content (AvgIpc) is 2.59. The van der Waals surface area contributed by atoms with Crippen molar-refractivity contribution in [1.29, 1.82) is 0 Å². The van der Waals surface area contributed by atoms with Crippen LogP contribution in [0.15, 0.2) is 30.6 Å². The molecule has 13 heavy (non-hydrogen) atoms. The number of hydrogen-bond acceptors (Lipinski definition) is 2. The zero-order valence-electron chi connectivity index (χ0n) is 7.51. The molecule has 0 radical (unpaired) electrons. The van der Waals surface area contributed by atoms with Crippen molar-refractivity contribution in [3.63, 3.8) is 0 Å². The molecule has 0 aliphatic heterocycles. The van der Waals surface area contributed by atoms with E-state index < -0.39 is 6.10 Å². The number of hydrogen-bond donors (Lipinski definition) is 1. The van der Waals surface area contributed by atoms with Crippen molar-refractivity contribution in [3.8, 4) is 0 Å². The van der Waals surface area contributed by atoms with Gasteiger partial charge in [0, 0.05) is 12.4 Å². The number of pyridine rings is 1. The summed E-state index contributed by atoms with van der Waals surface area (Å²) in [6.45, 7) is 1.94. The zero-order valence-corrected chi connectivity index (χ0v) is 7.51. The van der Waals surface area contributed by atoms with Gasteiger partial charge in [-0.3, -0.25) is 0 Å². The highest BCUT2D eigenvalue weighted by molar-refractivity contribution is 5.39. The molecule has 0 aliphatic rings. The summed E-state index contributed by atoms with van der Waals surface area (Å²) >= 11 is 0. The van der Waals surface area contributed by atoms with E-state index >= 15 is 0 Å². The van der Waals surface area contributed by atoms with Gasteiger partial charge in [-0.05, 0) is 18.6 Å². The van der Waals surface area contributed by atoms with Crippen LogP contribution in [0.2, 0.25) is 0 Å². The summed E-state index contributed by atoms with van der Waals surface area (Å²) in [4.78, 5) is 4.30. The van der Waals surface area contributed by atoms with Gasteiger partial charge in [0.1, 0.15) is 5.65 Å². The minimum absolute atomic E-state index is 0.445. The van der Waals surface area contributed by atoms with Gasteiger partial charge in [-0.2, -0.15) is 0 Å². The van der Waals surface area contributed by atoms with Crippen LogP contribution in [0.4, 0.5) is 0 Å². The lowest BCUT2D eigenvalue weighted by Crippen LogP contribution is -1.94. The summed E-state index contributed by atoms with van der Waals surface area (Å²) in [5.74, 6) is 0. The third kappa shape index (κ3) is 1.42. The minimum atomic E-state index is -0.445. The Labute approximate surface area is 76.7 Å². The number of rotatable bonds is 2. The smallest absolute Gasteiger partial charge is 0.137 e. The maximum atomic E-state index is 9.55.